The van der Waals surface area contributed by atoms with Crippen LogP contribution in [0.4, 0.5) is 5.82 Å². The summed E-state index contributed by atoms with van der Waals surface area (Å²) in [5, 5.41) is 7.45. The highest BCUT2D eigenvalue weighted by Gasteiger charge is 2.27. The van der Waals surface area contributed by atoms with Gasteiger partial charge in [0, 0.05) is 36.9 Å². The monoisotopic (exact) mass is 420 g/mol. The maximum Gasteiger partial charge on any atom is 0.229 e. The lowest BCUT2D eigenvalue weighted by Gasteiger charge is -2.32. The number of nitrogens with zero attached hydrogens (tertiary/aromatic N) is 6. The number of hydrogen-bond acceptors (Lipinski definition) is 8. The first-order chi connectivity index (χ1) is 15.1. The Labute approximate surface area is 182 Å². The number of rotatable bonds is 7. The molecule has 1 unspecified atom stereocenters. The van der Waals surface area contributed by atoms with Crippen molar-refractivity contribution in [1.29, 1.82) is 0 Å². The van der Waals surface area contributed by atoms with Crippen LogP contribution in [0.3, 0.4) is 0 Å². The number of hydrogen-bond donors (Lipinski definition) is 0. The molecule has 1 aliphatic rings. The molecule has 3 aromatic rings. The summed E-state index contributed by atoms with van der Waals surface area (Å²) in [6.45, 7) is 7.87. The summed E-state index contributed by atoms with van der Waals surface area (Å²) >= 11 is 0. The van der Waals surface area contributed by atoms with Gasteiger partial charge in [0.2, 0.25) is 5.89 Å². The predicted molar refractivity (Wildman–Crippen MR) is 118 cm³/mol. The minimum atomic E-state index is -0.457. The minimum Gasteiger partial charge on any atom is -0.356 e. The Kier molecular flexibility index (Phi) is 6.34. The van der Waals surface area contributed by atoms with Gasteiger partial charge in [0.1, 0.15) is 18.2 Å². The van der Waals surface area contributed by atoms with Crippen LogP contribution in [0, 0.1) is 11.8 Å². The number of anilines is 1. The summed E-state index contributed by atoms with van der Waals surface area (Å²) in [5.74, 6) is 2.98. The van der Waals surface area contributed by atoms with Gasteiger partial charge < -0.3 is 9.42 Å². The third-order valence-corrected chi connectivity index (χ3v) is 5.98. The second kappa shape index (κ2) is 9.32. The summed E-state index contributed by atoms with van der Waals surface area (Å²) < 4.78 is 5.50. The SMILES string of the molecule is Cc1c(CC(N=O)c2ccccc2)ncnc1N1CCC(c2nc(C(C)C)no2)CC1. The van der Waals surface area contributed by atoms with Gasteiger partial charge in [0.25, 0.3) is 0 Å². The van der Waals surface area contributed by atoms with Gasteiger partial charge >= 0.3 is 0 Å². The first-order valence-corrected chi connectivity index (χ1v) is 10.8. The van der Waals surface area contributed by atoms with Gasteiger partial charge in [-0.3, -0.25) is 0 Å². The molecule has 0 saturated carbocycles. The summed E-state index contributed by atoms with van der Waals surface area (Å²) in [5.41, 5.74) is 2.77. The molecule has 162 valence electrons. The lowest BCUT2D eigenvalue weighted by molar-refractivity contribution is 0.325. The molecular formula is C23H28N6O2. The Morgan fingerprint density at radius 1 is 1.16 bits per heavy atom. The molecule has 0 aliphatic carbocycles. The molecule has 31 heavy (non-hydrogen) atoms. The van der Waals surface area contributed by atoms with Gasteiger partial charge in [-0.1, -0.05) is 54.5 Å². The molecule has 0 spiro atoms. The molecule has 0 bridgehead atoms. The highest BCUT2D eigenvalue weighted by Crippen LogP contribution is 2.32. The van der Waals surface area contributed by atoms with E-state index in [1.165, 1.54) is 0 Å². The Hall–Kier alpha value is -3.16. The van der Waals surface area contributed by atoms with Crippen LogP contribution in [-0.4, -0.2) is 33.2 Å². The fourth-order valence-electron chi connectivity index (χ4n) is 4.06. The standard InChI is InChI=1S/C23H28N6O2/c1-15(2)21-26-23(31-28-21)18-9-11-29(12-10-18)22-16(3)19(24-14-25-22)13-20(27-30)17-7-5-4-6-8-17/h4-8,14-15,18,20H,9-13H2,1-3H3. The number of aromatic nitrogens is 4. The summed E-state index contributed by atoms with van der Waals surface area (Å²) in [6, 6.07) is 9.17. The van der Waals surface area contributed by atoms with E-state index in [0.29, 0.717) is 6.42 Å². The van der Waals surface area contributed by atoms with Crippen molar-refractivity contribution in [2.24, 2.45) is 5.18 Å². The van der Waals surface area contributed by atoms with Crippen LogP contribution in [0.1, 0.15) is 73.1 Å². The summed E-state index contributed by atoms with van der Waals surface area (Å²) in [6.07, 6.45) is 3.91. The van der Waals surface area contributed by atoms with Crippen LogP contribution in [0.25, 0.3) is 0 Å². The van der Waals surface area contributed by atoms with E-state index in [4.69, 9.17) is 4.52 Å². The molecule has 0 radical (unpaired) electrons. The fourth-order valence-corrected chi connectivity index (χ4v) is 4.06. The molecule has 1 aromatic carbocycles. The van der Waals surface area contributed by atoms with Crippen molar-refractivity contribution < 1.29 is 4.52 Å². The van der Waals surface area contributed by atoms with E-state index < -0.39 is 6.04 Å². The van der Waals surface area contributed by atoms with Gasteiger partial charge in [0.15, 0.2) is 5.82 Å². The van der Waals surface area contributed by atoms with E-state index in [0.717, 1.165) is 60.3 Å². The van der Waals surface area contributed by atoms with E-state index >= 15 is 0 Å². The molecule has 0 N–H and O–H groups in total. The van der Waals surface area contributed by atoms with Crippen molar-refractivity contribution in [1.82, 2.24) is 20.1 Å². The van der Waals surface area contributed by atoms with Gasteiger partial charge in [-0.25, -0.2) is 9.97 Å². The molecule has 1 atom stereocenters. The maximum atomic E-state index is 11.5. The van der Waals surface area contributed by atoms with Gasteiger partial charge in [-0.2, -0.15) is 9.89 Å². The number of nitroso groups, excluding NO2 is 1. The second-order valence-corrected chi connectivity index (χ2v) is 8.41. The second-order valence-electron chi connectivity index (χ2n) is 8.41. The fraction of sp³-hybridized carbons (Fsp3) is 0.478. The van der Waals surface area contributed by atoms with Crippen molar-refractivity contribution in [3.63, 3.8) is 0 Å². The van der Waals surface area contributed by atoms with Crippen LogP contribution in [0.15, 0.2) is 46.4 Å². The molecule has 8 nitrogen and oxygen atoms in total. The number of benzene rings is 1. The smallest absolute Gasteiger partial charge is 0.229 e. The molecule has 4 rings (SSSR count). The molecule has 1 saturated heterocycles. The molecule has 8 heteroatoms. The molecule has 1 fully saturated rings. The Morgan fingerprint density at radius 3 is 2.55 bits per heavy atom. The zero-order valence-electron chi connectivity index (χ0n) is 18.2. The zero-order valence-corrected chi connectivity index (χ0v) is 18.2. The van der Waals surface area contributed by atoms with Crippen molar-refractivity contribution in [3.8, 4) is 0 Å². The van der Waals surface area contributed by atoms with Crippen LogP contribution in [-0.2, 0) is 6.42 Å². The van der Waals surface area contributed by atoms with E-state index in [2.05, 4.69) is 44.0 Å². The highest BCUT2D eigenvalue weighted by atomic mass is 16.5. The van der Waals surface area contributed by atoms with Crippen molar-refractivity contribution >= 4 is 5.82 Å². The normalized spacial score (nSPS) is 15.9. The molecule has 3 heterocycles. The minimum absolute atomic E-state index is 0.264. The quantitative estimate of drug-likeness (QED) is 0.510. The topological polar surface area (TPSA) is 97.4 Å². The number of piperidine rings is 1. The highest BCUT2D eigenvalue weighted by molar-refractivity contribution is 5.48. The first kappa shape index (κ1) is 21.1. The third-order valence-electron chi connectivity index (χ3n) is 5.98. The maximum absolute atomic E-state index is 11.5. The van der Waals surface area contributed by atoms with Crippen LogP contribution < -0.4 is 4.90 Å². The van der Waals surface area contributed by atoms with Crippen molar-refractivity contribution in [2.75, 3.05) is 18.0 Å². The average Bonchev–Trinajstić information content (AvgIpc) is 3.30. The Morgan fingerprint density at radius 2 is 1.90 bits per heavy atom. The van der Waals surface area contributed by atoms with E-state index in [9.17, 15) is 4.91 Å². The van der Waals surface area contributed by atoms with Crippen LogP contribution in [0.5, 0.6) is 0 Å². The van der Waals surface area contributed by atoms with Gasteiger partial charge in [-0.05, 0) is 25.3 Å². The van der Waals surface area contributed by atoms with Crippen LogP contribution >= 0.6 is 0 Å². The predicted octanol–water partition coefficient (Wildman–Crippen LogP) is 4.73. The van der Waals surface area contributed by atoms with E-state index in [1.54, 1.807) is 6.33 Å². The average molecular weight is 421 g/mol. The molecule has 0 amide bonds. The summed E-state index contributed by atoms with van der Waals surface area (Å²) in [7, 11) is 0. The lowest BCUT2D eigenvalue weighted by Crippen LogP contribution is -2.34. The first-order valence-electron chi connectivity index (χ1n) is 10.8. The van der Waals surface area contributed by atoms with E-state index in [1.807, 2.05) is 37.3 Å². The molecular weight excluding hydrogens is 392 g/mol. The van der Waals surface area contributed by atoms with Crippen LogP contribution in [0.2, 0.25) is 0 Å². The third kappa shape index (κ3) is 4.62. The van der Waals surface area contributed by atoms with Gasteiger partial charge in [0.05, 0.1) is 5.69 Å². The molecule has 2 aromatic heterocycles. The van der Waals surface area contributed by atoms with Gasteiger partial charge in [-0.15, -0.1) is 0 Å². The Balaban J connectivity index is 1.45. The largest absolute Gasteiger partial charge is 0.356 e. The zero-order chi connectivity index (χ0) is 21.8. The summed E-state index contributed by atoms with van der Waals surface area (Å²) in [4.78, 5) is 27.4. The Bertz CT molecular complexity index is 1010. The van der Waals surface area contributed by atoms with Crippen molar-refractivity contribution in [2.45, 2.75) is 57.9 Å². The van der Waals surface area contributed by atoms with E-state index in [-0.39, 0.29) is 11.8 Å². The lowest BCUT2D eigenvalue weighted by atomic mass is 9.96. The van der Waals surface area contributed by atoms with Crippen molar-refractivity contribution in [3.05, 3.63) is 70.1 Å². The molecule has 1 aliphatic heterocycles.